The summed E-state index contributed by atoms with van der Waals surface area (Å²) in [6.45, 7) is 0.269. The van der Waals surface area contributed by atoms with Crippen LogP contribution < -0.4 is 0 Å². The molecule has 1 aromatic rings. The van der Waals surface area contributed by atoms with Crippen LogP contribution in [-0.4, -0.2) is 29.6 Å². The SMILES string of the molecule is O=C(O)CCC1=NC(Cc2cccc(C(F)(F)F)c2)CO1. The van der Waals surface area contributed by atoms with Gasteiger partial charge in [0.25, 0.3) is 0 Å². The van der Waals surface area contributed by atoms with Crippen LogP contribution in [0, 0.1) is 0 Å². The van der Waals surface area contributed by atoms with Crippen molar-refractivity contribution in [3.8, 4) is 0 Å². The van der Waals surface area contributed by atoms with Crippen molar-refractivity contribution >= 4 is 11.9 Å². The van der Waals surface area contributed by atoms with Gasteiger partial charge in [0, 0.05) is 6.42 Å². The van der Waals surface area contributed by atoms with E-state index < -0.39 is 17.7 Å². The van der Waals surface area contributed by atoms with Gasteiger partial charge in [0.2, 0.25) is 0 Å². The summed E-state index contributed by atoms with van der Waals surface area (Å²) in [6, 6.07) is 4.83. The lowest BCUT2D eigenvalue weighted by molar-refractivity contribution is -0.138. The van der Waals surface area contributed by atoms with Crippen molar-refractivity contribution in [1.82, 2.24) is 0 Å². The van der Waals surface area contributed by atoms with Gasteiger partial charge in [-0.25, -0.2) is 4.99 Å². The standard InChI is InChI=1S/C14H14F3NO3/c15-14(16,17)10-3-1-2-9(6-10)7-11-8-21-12(18-11)4-5-13(19)20/h1-3,6,11H,4-5,7-8H2,(H,19,20). The highest BCUT2D eigenvalue weighted by atomic mass is 19.4. The van der Waals surface area contributed by atoms with Crippen molar-refractivity contribution in [3.63, 3.8) is 0 Å². The second kappa shape index (κ2) is 6.15. The fourth-order valence-corrected chi connectivity index (χ4v) is 2.07. The van der Waals surface area contributed by atoms with Crippen LogP contribution in [0.15, 0.2) is 29.3 Å². The van der Waals surface area contributed by atoms with Gasteiger partial charge < -0.3 is 9.84 Å². The second-order valence-electron chi connectivity index (χ2n) is 4.78. The highest BCUT2D eigenvalue weighted by molar-refractivity contribution is 5.81. The van der Waals surface area contributed by atoms with Crippen LogP contribution in [0.3, 0.4) is 0 Å². The number of benzene rings is 1. The Morgan fingerprint density at radius 2 is 2.19 bits per heavy atom. The van der Waals surface area contributed by atoms with Crippen LogP contribution in [0.2, 0.25) is 0 Å². The molecule has 7 heteroatoms. The third kappa shape index (κ3) is 4.47. The van der Waals surface area contributed by atoms with Crippen molar-refractivity contribution in [1.29, 1.82) is 0 Å². The van der Waals surface area contributed by atoms with E-state index in [0.29, 0.717) is 17.9 Å². The number of nitrogens with zero attached hydrogens (tertiary/aromatic N) is 1. The summed E-state index contributed by atoms with van der Waals surface area (Å²) in [7, 11) is 0. The van der Waals surface area contributed by atoms with Gasteiger partial charge in [-0.2, -0.15) is 13.2 Å². The lowest BCUT2D eigenvalue weighted by Gasteiger charge is -2.10. The van der Waals surface area contributed by atoms with Gasteiger partial charge in [-0.15, -0.1) is 0 Å². The predicted molar refractivity (Wildman–Crippen MR) is 69.2 cm³/mol. The minimum absolute atomic E-state index is 0.0743. The van der Waals surface area contributed by atoms with E-state index >= 15 is 0 Å². The van der Waals surface area contributed by atoms with E-state index in [-0.39, 0.29) is 25.5 Å². The molecule has 0 saturated carbocycles. The van der Waals surface area contributed by atoms with Gasteiger partial charge in [-0.1, -0.05) is 18.2 Å². The molecule has 2 rings (SSSR count). The molecule has 0 fully saturated rings. The van der Waals surface area contributed by atoms with Crippen molar-refractivity contribution in [3.05, 3.63) is 35.4 Å². The molecule has 0 saturated heterocycles. The Labute approximate surface area is 119 Å². The van der Waals surface area contributed by atoms with Crippen molar-refractivity contribution in [2.75, 3.05) is 6.61 Å². The Morgan fingerprint density at radius 1 is 1.43 bits per heavy atom. The number of alkyl halides is 3. The number of aliphatic carboxylic acids is 1. The topological polar surface area (TPSA) is 58.9 Å². The summed E-state index contributed by atoms with van der Waals surface area (Å²) in [5.41, 5.74) is -0.157. The third-order valence-corrected chi connectivity index (χ3v) is 3.05. The van der Waals surface area contributed by atoms with Crippen LogP contribution in [0.25, 0.3) is 0 Å². The predicted octanol–water partition coefficient (Wildman–Crippen LogP) is 2.91. The molecular formula is C14H14F3NO3. The van der Waals surface area contributed by atoms with Gasteiger partial charge in [0.05, 0.1) is 18.0 Å². The number of halogens is 3. The summed E-state index contributed by atoms with van der Waals surface area (Å²) in [6.07, 6.45) is -3.90. The Hall–Kier alpha value is -2.05. The van der Waals surface area contributed by atoms with Crippen LogP contribution in [0.1, 0.15) is 24.0 Å². The molecule has 0 aromatic heterocycles. The number of ether oxygens (including phenoxy) is 1. The molecule has 4 nitrogen and oxygen atoms in total. The zero-order valence-electron chi connectivity index (χ0n) is 11.1. The maximum atomic E-state index is 12.6. The monoisotopic (exact) mass is 301 g/mol. The van der Waals surface area contributed by atoms with Gasteiger partial charge in [0.1, 0.15) is 6.61 Å². The Bertz CT molecular complexity index is 555. The summed E-state index contributed by atoms with van der Waals surface area (Å²) >= 11 is 0. The average Bonchev–Trinajstić information content (AvgIpc) is 2.83. The number of carboxylic acid groups (broad SMARTS) is 1. The molecule has 1 aromatic carbocycles. The van der Waals surface area contributed by atoms with Crippen molar-refractivity contribution in [2.45, 2.75) is 31.5 Å². The Balaban J connectivity index is 1.98. The first kappa shape index (κ1) is 15.3. The lowest BCUT2D eigenvalue weighted by Crippen LogP contribution is -2.11. The van der Waals surface area contributed by atoms with Crippen LogP contribution in [0.5, 0.6) is 0 Å². The van der Waals surface area contributed by atoms with Gasteiger partial charge in [-0.3, -0.25) is 4.79 Å². The van der Waals surface area contributed by atoms with E-state index in [4.69, 9.17) is 9.84 Å². The van der Waals surface area contributed by atoms with Crippen LogP contribution >= 0.6 is 0 Å². The van der Waals surface area contributed by atoms with Crippen LogP contribution in [-0.2, 0) is 22.1 Å². The summed E-state index contributed by atoms with van der Waals surface area (Å²) in [5.74, 6) is -0.586. The molecule has 0 amide bonds. The smallest absolute Gasteiger partial charge is 0.416 e. The third-order valence-electron chi connectivity index (χ3n) is 3.05. The molecular weight excluding hydrogens is 287 g/mol. The summed E-state index contributed by atoms with van der Waals surface area (Å²) in [4.78, 5) is 14.6. The quantitative estimate of drug-likeness (QED) is 0.909. The van der Waals surface area contributed by atoms with Gasteiger partial charge in [-0.05, 0) is 18.1 Å². The molecule has 1 aliphatic rings. The van der Waals surface area contributed by atoms with E-state index in [2.05, 4.69) is 4.99 Å². The summed E-state index contributed by atoms with van der Waals surface area (Å²) < 4.78 is 43.1. The molecule has 1 N–H and O–H groups in total. The van der Waals surface area contributed by atoms with E-state index in [1.807, 2.05) is 0 Å². The fourth-order valence-electron chi connectivity index (χ4n) is 2.07. The number of rotatable bonds is 5. The first-order chi connectivity index (χ1) is 9.84. The van der Waals surface area contributed by atoms with Crippen molar-refractivity contribution in [2.24, 2.45) is 4.99 Å². The number of hydrogen-bond donors (Lipinski definition) is 1. The number of carbonyl (C=O) groups is 1. The van der Waals surface area contributed by atoms with E-state index in [9.17, 15) is 18.0 Å². The van der Waals surface area contributed by atoms with E-state index in [0.717, 1.165) is 12.1 Å². The second-order valence-corrected chi connectivity index (χ2v) is 4.78. The highest BCUT2D eigenvalue weighted by Crippen LogP contribution is 2.30. The summed E-state index contributed by atoms with van der Waals surface area (Å²) in [5, 5.41) is 8.56. The maximum Gasteiger partial charge on any atom is 0.416 e. The lowest BCUT2D eigenvalue weighted by atomic mass is 10.0. The first-order valence-electron chi connectivity index (χ1n) is 6.42. The zero-order valence-corrected chi connectivity index (χ0v) is 11.1. The van der Waals surface area contributed by atoms with Crippen molar-refractivity contribution < 1.29 is 27.8 Å². The molecule has 0 spiro atoms. The molecule has 0 radical (unpaired) electrons. The molecule has 1 atom stereocenters. The Morgan fingerprint density at radius 3 is 2.86 bits per heavy atom. The minimum Gasteiger partial charge on any atom is -0.481 e. The van der Waals surface area contributed by atoms with Gasteiger partial charge in [0.15, 0.2) is 5.90 Å². The average molecular weight is 301 g/mol. The highest BCUT2D eigenvalue weighted by Gasteiger charge is 2.30. The van der Waals surface area contributed by atoms with Gasteiger partial charge >= 0.3 is 12.1 Å². The number of aliphatic imine (C=N–C) groups is 1. The molecule has 1 unspecified atom stereocenters. The minimum atomic E-state index is -4.36. The van der Waals surface area contributed by atoms with E-state index in [1.54, 1.807) is 6.07 Å². The largest absolute Gasteiger partial charge is 0.481 e. The number of carboxylic acids is 1. The Kier molecular flexibility index (Phi) is 4.50. The normalized spacial score (nSPS) is 18.2. The molecule has 21 heavy (non-hydrogen) atoms. The fraction of sp³-hybridized carbons (Fsp3) is 0.429. The molecule has 114 valence electrons. The molecule has 0 aliphatic carbocycles. The number of hydrogen-bond acceptors (Lipinski definition) is 3. The van der Waals surface area contributed by atoms with E-state index in [1.165, 1.54) is 6.07 Å². The first-order valence-corrected chi connectivity index (χ1v) is 6.42. The zero-order chi connectivity index (χ0) is 15.5. The molecule has 1 aliphatic heterocycles. The maximum absolute atomic E-state index is 12.6. The molecule has 0 bridgehead atoms. The molecule has 1 heterocycles. The van der Waals surface area contributed by atoms with Crippen LogP contribution in [0.4, 0.5) is 13.2 Å².